The lowest BCUT2D eigenvalue weighted by Crippen LogP contribution is -1.85. The largest absolute Gasteiger partial charge is 0.507 e. The Morgan fingerprint density at radius 3 is 1.83 bits per heavy atom. The molecule has 0 saturated heterocycles. The number of phenols is 1. The van der Waals surface area contributed by atoms with E-state index in [-0.39, 0.29) is 8.41 Å². The van der Waals surface area contributed by atoms with Crippen molar-refractivity contribution < 1.29 is 10.3 Å². The molecular weight excluding hydrogens is 297 g/mol. The Kier molecular flexibility index (Phi) is 5.58. The zero-order valence-corrected chi connectivity index (χ0v) is 12.5. The predicted octanol–water partition coefficient (Wildman–Crippen LogP) is 3.52. The van der Waals surface area contributed by atoms with Crippen molar-refractivity contribution >= 4 is 30.0 Å². The van der Waals surface area contributed by atoms with Crippen molar-refractivity contribution in [3.8, 4) is 16.9 Å². The normalized spacial score (nSPS) is 9.92. The molecule has 24 heavy (non-hydrogen) atoms. The van der Waals surface area contributed by atoms with Gasteiger partial charge in [0.2, 0.25) is 0 Å². The summed E-state index contributed by atoms with van der Waals surface area (Å²) in [4.78, 5) is 0. The maximum absolute atomic E-state index is 10.4. The van der Waals surface area contributed by atoms with Gasteiger partial charge in [-0.1, -0.05) is 72.8 Å². The molecule has 0 spiro atoms. The second-order valence-electron chi connectivity index (χ2n) is 5.21. The van der Waals surface area contributed by atoms with E-state index in [1.54, 1.807) is 6.07 Å². The first-order chi connectivity index (χ1) is 11.3. The molecule has 0 heterocycles. The number of benzene rings is 4. The highest BCUT2D eigenvalue weighted by atomic mass is 16.4. The summed E-state index contributed by atoms with van der Waals surface area (Å²) in [6.45, 7) is 0. The number of aromatic hydroxyl groups is 1. The van der Waals surface area contributed by atoms with Crippen LogP contribution in [0, 0.1) is 0 Å². The lowest BCUT2D eigenvalue weighted by Gasteiger charge is -2.12. The molecule has 0 atom stereocenters. The predicted molar refractivity (Wildman–Crippen MR) is 104 cm³/mol. The number of hydrogen-bond acceptors (Lipinski definition) is 3. The lowest BCUT2D eigenvalue weighted by atomic mass is 9.93. The van der Waals surface area contributed by atoms with E-state index >= 15 is 0 Å². The Bertz CT molecular complexity index is 964. The van der Waals surface area contributed by atoms with E-state index in [0.29, 0.717) is 5.75 Å². The van der Waals surface area contributed by atoms with E-state index in [0.717, 1.165) is 27.3 Å². The van der Waals surface area contributed by atoms with Crippen LogP contribution in [-0.2, 0) is 0 Å². The van der Waals surface area contributed by atoms with Crippen LogP contribution in [0.4, 0.5) is 0 Å². The average Bonchev–Trinajstić information content (AvgIpc) is 2.63. The van der Waals surface area contributed by atoms with E-state index in [2.05, 4.69) is 42.3 Å². The van der Waals surface area contributed by atoms with Gasteiger partial charge in [-0.15, -0.1) is 0 Å². The molecule has 4 rings (SSSR count). The monoisotopic (exact) mass is 317 g/mol. The van der Waals surface area contributed by atoms with Crippen LogP contribution < -0.4 is 5.90 Å². The molecule has 120 valence electrons. The molecule has 0 aliphatic heterocycles. The Labute approximate surface area is 142 Å². The van der Waals surface area contributed by atoms with Crippen LogP contribution in [0.1, 0.15) is 0 Å². The fraction of sp³-hybridized carbons (Fsp3) is 0. The number of phenolic OH excluding ortho intramolecular Hbond substituents is 1. The smallest absolute Gasteiger partial charge is 0.124 e. The topological polar surface area (TPSA) is 66.5 Å². The third-order valence-corrected chi connectivity index (χ3v) is 3.97. The second-order valence-corrected chi connectivity index (χ2v) is 5.21. The second kappa shape index (κ2) is 7.64. The van der Waals surface area contributed by atoms with Gasteiger partial charge in [-0.25, -0.2) is 5.90 Å². The minimum atomic E-state index is 0. The molecule has 4 heteroatoms. The molecule has 0 saturated carbocycles. The summed E-state index contributed by atoms with van der Waals surface area (Å²) < 4.78 is 0. The Hall–Kier alpha value is -2.82. The van der Waals surface area contributed by atoms with Gasteiger partial charge in [-0.3, -0.25) is 0 Å². The number of hydrogen-bond donors (Lipinski definition) is 3. The van der Waals surface area contributed by atoms with Crippen LogP contribution >= 0.6 is 0 Å². The molecule has 3 nitrogen and oxygen atoms in total. The van der Waals surface area contributed by atoms with E-state index in [4.69, 9.17) is 5.21 Å². The summed E-state index contributed by atoms with van der Waals surface area (Å²) >= 11 is 0. The lowest BCUT2D eigenvalue weighted by molar-refractivity contribution is 0.311. The maximum atomic E-state index is 10.4. The Morgan fingerprint density at radius 2 is 1.12 bits per heavy atom. The molecule has 0 radical (unpaired) electrons. The average molecular weight is 317 g/mol. The highest BCUT2D eigenvalue weighted by Crippen LogP contribution is 2.39. The van der Waals surface area contributed by atoms with Gasteiger partial charge in [-0.05, 0) is 33.2 Å². The van der Waals surface area contributed by atoms with Crippen LogP contribution in [-0.4, -0.2) is 18.7 Å². The first kappa shape index (κ1) is 17.5. The first-order valence-corrected chi connectivity index (χ1v) is 7.29. The number of fused-ring (bicyclic) bond motifs is 2. The summed E-state index contributed by atoms with van der Waals surface area (Å²) in [7, 11) is 0. The van der Waals surface area contributed by atoms with Crippen LogP contribution in [0.15, 0.2) is 78.9 Å². The van der Waals surface area contributed by atoms with E-state index in [1.807, 2.05) is 36.4 Å². The summed E-state index contributed by atoms with van der Waals surface area (Å²) in [6.07, 6.45) is 0. The molecule has 0 aromatic heterocycles. The van der Waals surface area contributed by atoms with Gasteiger partial charge in [-0.2, -0.15) is 0 Å². The Balaban J connectivity index is 0.000000670. The summed E-state index contributed by atoms with van der Waals surface area (Å²) in [5.41, 5.74) is 1.98. The fourth-order valence-electron chi connectivity index (χ4n) is 2.99. The zero-order chi connectivity index (χ0) is 16.2. The van der Waals surface area contributed by atoms with Gasteiger partial charge in [0, 0.05) is 5.56 Å². The van der Waals surface area contributed by atoms with Gasteiger partial charge in [0.15, 0.2) is 0 Å². The number of rotatable bonds is 1. The number of nitrogens with two attached hydrogens (primary N) is 1. The van der Waals surface area contributed by atoms with Crippen molar-refractivity contribution in [1.29, 1.82) is 0 Å². The first-order valence-electron chi connectivity index (χ1n) is 7.29. The fourth-order valence-corrected chi connectivity index (χ4v) is 2.99. The standard InChI is InChI=1S/C20H14O.BH3.H3NO/c21-19-13-12-15-7-2-4-10-17(15)20(19)18-11-5-8-14-6-1-3-9-16(14)18;;1-2/h1-13,21H;1H3;2H,1H2. The molecule has 4 aromatic carbocycles. The Morgan fingerprint density at radius 1 is 0.583 bits per heavy atom. The van der Waals surface area contributed by atoms with Crippen LogP contribution in [0.25, 0.3) is 32.7 Å². The van der Waals surface area contributed by atoms with Crippen LogP contribution in [0.2, 0.25) is 0 Å². The van der Waals surface area contributed by atoms with Crippen molar-refractivity contribution in [2.45, 2.75) is 0 Å². The van der Waals surface area contributed by atoms with E-state index in [9.17, 15) is 5.11 Å². The van der Waals surface area contributed by atoms with E-state index in [1.165, 1.54) is 5.39 Å². The maximum Gasteiger partial charge on any atom is 0.124 e. The van der Waals surface area contributed by atoms with Crippen LogP contribution in [0.5, 0.6) is 5.75 Å². The van der Waals surface area contributed by atoms with E-state index < -0.39 is 0 Å². The van der Waals surface area contributed by atoms with Crippen molar-refractivity contribution in [3.63, 3.8) is 0 Å². The molecule has 4 N–H and O–H groups in total. The summed E-state index contributed by atoms with van der Waals surface area (Å²) in [5, 5.41) is 21.5. The van der Waals surface area contributed by atoms with Gasteiger partial charge < -0.3 is 10.3 Å². The molecule has 0 aliphatic rings. The third-order valence-electron chi connectivity index (χ3n) is 3.97. The van der Waals surface area contributed by atoms with Gasteiger partial charge >= 0.3 is 0 Å². The third kappa shape index (κ3) is 2.97. The molecular formula is C20H20BNO2. The molecule has 4 aromatic rings. The van der Waals surface area contributed by atoms with Gasteiger partial charge in [0.05, 0.1) is 8.41 Å². The van der Waals surface area contributed by atoms with Crippen molar-refractivity contribution in [1.82, 2.24) is 0 Å². The highest BCUT2D eigenvalue weighted by molar-refractivity contribution is 6.07. The molecule has 0 amide bonds. The molecule has 0 unspecified atom stereocenters. The SMILES string of the molecule is B.NO.Oc1ccc2ccccc2c1-c1cccc2ccccc12. The van der Waals surface area contributed by atoms with Crippen molar-refractivity contribution in [3.05, 3.63) is 78.9 Å². The van der Waals surface area contributed by atoms with Crippen LogP contribution in [0.3, 0.4) is 0 Å². The quantitative estimate of drug-likeness (QED) is 0.372. The summed E-state index contributed by atoms with van der Waals surface area (Å²) in [6, 6.07) is 26.4. The molecule has 0 aliphatic carbocycles. The summed E-state index contributed by atoms with van der Waals surface area (Å²) in [5.74, 6) is 3.82. The van der Waals surface area contributed by atoms with Gasteiger partial charge in [0.1, 0.15) is 5.75 Å². The zero-order valence-electron chi connectivity index (χ0n) is 12.5. The van der Waals surface area contributed by atoms with Crippen molar-refractivity contribution in [2.24, 2.45) is 5.90 Å². The highest BCUT2D eigenvalue weighted by Gasteiger charge is 2.11. The minimum Gasteiger partial charge on any atom is -0.507 e. The van der Waals surface area contributed by atoms with Gasteiger partial charge in [0.25, 0.3) is 0 Å². The van der Waals surface area contributed by atoms with Crippen molar-refractivity contribution in [2.75, 3.05) is 0 Å². The molecule has 0 bridgehead atoms. The molecule has 0 fully saturated rings. The minimum absolute atomic E-state index is 0.